The van der Waals surface area contributed by atoms with Crippen molar-refractivity contribution >= 4 is 22.6 Å². The summed E-state index contributed by atoms with van der Waals surface area (Å²) in [6, 6.07) is 15.4. The zero-order chi connectivity index (χ0) is 12.3. The molecule has 0 amide bonds. The summed E-state index contributed by atoms with van der Waals surface area (Å²) in [7, 11) is 0. The number of halogens is 1. The van der Waals surface area contributed by atoms with Crippen LogP contribution in [0.1, 0.15) is 11.1 Å². The highest BCUT2D eigenvalue weighted by Gasteiger charge is 2.07. The van der Waals surface area contributed by atoms with Gasteiger partial charge < -0.3 is 4.74 Å². The van der Waals surface area contributed by atoms with Crippen molar-refractivity contribution in [1.82, 2.24) is 0 Å². The van der Waals surface area contributed by atoms with Crippen LogP contribution in [0, 0.1) is 21.8 Å². The molecule has 2 aromatic rings. The fraction of sp³-hybridized carbons (Fsp3) is 0.0714. The van der Waals surface area contributed by atoms with Crippen LogP contribution in [-0.2, 0) is 0 Å². The van der Waals surface area contributed by atoms with Gasteiger partial charge in [-0.25, -0.2) is 0 Å². The van der Waals surface area contributed by atoms with Crippen LogP contribution in [0.4, 0.5) is 0 Å². The van der Waals surface area contributed by atoms with Crippen LogP contribution >= 0.6 is 22.6 Å². The summed E-state index contributed by atoms with van der Waals surface area (Å²) >= 11 is 2.24. The molecule has 0 radical (unpaired) electrons. The number of para-hydroxylation sites is 1. The van der Waals surface area contributed by atoms with Crippen LogP contribution < -0.4 is 4.74 Å². The average molecular weight is 335 g/mol. The molecule has 0 fully saturated rings. The van der Waals surface area contributed by atoms with Crippen molar-refractivity contribution in [2.24, 2.45) is 0 Å². The smallest absolute Gasteiger partial charge is 0.148 e. The Morgan fingerprint density at radius 2 is 1.82 bits per heavy atom. The fourth-order valence-corrected chi connectivity index (χ4v) is 1.86. The number of aryl methyl sites for hydroxylation is 1. The highest BCUT2D eigenvalue weighted by atomic mass is 127. The lowest BCUT2D eigenvalue weighted by Gasteiger charge is -2.10. The van der Waals surface area contributed by atoms with Gasteiger partial charge in [0.25, 0.3) is 0 Å². The second kappa shape index (κ2) is 5.19. The Labute approximate surface area is 114 Å². The first-order valence-electron chi connectivity index (χ1n) is 5.14. The van der Waals surface area contributed by atoms with Crippen molar-refractivity contribution < 1.29 is 4.74 Å². The van der Waals surface area contributed by atoms with E-state index in [1.54, 1.807) is 6.07 Å². The van der Waals surface area contributed by atoms with Gasteiger partial charge in [0.1, 0.15) is 17.6 Å². The molecule has 0 saturated heterocycles. The third-order valence-electron chi connectivity index (χ3n) is 2.37. The van der Waals surface area contributed by atoms with Crippen molar-refractivity contribution in [2.45, 2.75) is 6.92 Å². The van der Waals surface area contributed by atoms with Crippen LogP contribution in [0.25, 0.3) is 0 Å². The average Bonchev–Trinajstić information content (AvgIpc) is 2.34. The van der Waals surface area contributed by atoms with Crippen molar-refractivity contribution in [3.05, 3.63) is 57.2 Å². The number of nitriles is 1. The Hall–Kier alpha value is -1.54. The van der Waals surface area contributed by atoms with Gasteiger partial charge in [-0.05, 0) is 65.4 Å². The van der Waals surface area contributed by atoms with Gasteiger partial charge in [-0.3, -0.25) is 0 Å². The molecule has 2 rings (SSSR count). The number of nitrogens with zero attached hydrogens (tertiary/aromatic N) is 1. The van der Waals surface area contributed by atoms with Gasteiger partial charge in [-0.1, -0.05) is 12.1 Å². The molecular formula is C14H10INO. The third-order valence-corrected chi connectivity index (χ3v) is 3.09. The topological polar surface area (TPSA) is 33.0 Å². The molecule has 0 bridgehead atoms. The van der Waals surface area contributed by atoms with Gasteiger partial charge in [0.15, 0.2) is 0 Å². The molecule has 0 unspecified atom stereocenters. The lowest BCUT2D eigenvalue weighted by atomic mass is 10.1. The Morgan fingerprint density at radius 3 is 2.47 bits per heavy atom. The maximum absolute atomic E-state index is 9.03. The highest BCUT2D eigenvalue weighted by molar-refractivity contribution is 14.1. The minimum absolute atomic E-state index is 0.559. The van der Waals surface area contributed by atoms with Crippen LogP contribution in [0.5, 0.6) is 11.5 Å². The van der Waals surface area contributed by atoms with Gasteiger partial charge in [-0.2, -0.15) is 5.26 Å². The van der Waals surface area contributed by atoms with E-state index in [4.69, 9.17) is 10.00 Å². The monoisotopic (exact) mass is 335 g/mol. The van der Waals surface area contributed by atoms with E-state index in [1.165, 1.54) is 0 Å². The molecule has 0 aliphatic carbocycles. The summed E-state index contributed by atoms with van der Waals surface area (Å²) in [5.74, 6) is 1.38. The van der Waals surface area contributed by atoms with E-state index in [2.05, 4.69) is 28.7 Å². The van der Waals surface area contributed by atoms with Crippen molar-refractivity contribution in [2.75, 3.05) is 0 Å². The summed E-state index contributed by atoms with van der Waals surface area (Å²) in [6.45, 7) is 1.93. The van der Waals surface area contributed by atoms with Crippen molar-refractivity contribution in [3.8, 4) is 17.6 Å². The maximum atomic E-state index is 9.03. The predicted octanol–water partition coefficient (Wildman–Crippen LogP) is 4.26. The molecule has 0 saturated carbocycles. The largest absolute Gasteiger partial charge is 0.456 e. The molecule has 17 heavy (non-hydrogen) atoms. The lowest BCUT2D eigenvalue weighted by Crippen LogP contribution is -1.91. The molecule has 0 aliphatic rings. The first-order chi connectivity index (χ1) is 8.20. The maximum Gasteiger partial charge on any atom is 0.148 e. The first kappa shape index (κ1) is 11.9. The lowest BCUT2D eigenvalue weighted by molar-refractivity contribution is 0.477. The summed E-state index contributed by atoms with van der Waals surface area (Å²) in [5.41, 5.74) is 1.52. The molecule has 84 valence electrons. The van der Waals surface area contributed by atoms with Crippen molar-refractivity contribution in [3.63, 3.8) is 0 Å². The fourth-order valence-electron chi connectivity index (χ4n) is 1.50. The molecule has 0 aromatic heterocycles. The molecule has 0 heterocycles. The second-order valence-corrected chi connectivity index (χ2v) is 4.87. The van der Waals surface area contributed by atoms with Gasteiger partial charge in [0.05, 0.1) is 5.56 Å². The molecule has 2 aromatic carbocycles. The van der Waals surface area contributed by atoms with E-state index in [9.17, 15) is 0 Å². The van der Waals surface area contributed by atoms with E-state index in [0.717, 1.165) is 14.9 Å². The van der Waals surface area contributed by atoms with Crippen LogP contribution in [0.15, 0.2) is 42.5 Å². The number of ether oxygens (including phenoxy) is 1. The summed E-state index contributed by atoms with van der Waals surface area (Å²) in [4.78, 5) is 0. The summed E-state index contributed by atoms with van der Waals surface area (Å²) in [6.07, 6.45) is 0. The van der Waals surface area contributed by atoms with Crippen LogP contribution in [0.2, 0.25) is 0 Å². The second-order valence-electron chi connectivity index (χ2n) is 3.62. The van der Waals surface area contributed by atoms with Crippen LogP contribution in [0.3, 0.4) is 0 Å². The Bertz CT molecular complexity index is 570. The number of hydrogen-bond acceptors (Lipinski definition) is 2. The quantitative estimate of drug-likeness (QED) is 0.768. The van der Waals surface area contributed by atoms with E-state index < -0.39 is 0 Å². The zero-order valence-corrected chi connectivity index (χ0v) is 11.4. The van der Waals surface area contributed by atoms with Gasteiger partial charge in [-0.15, -0.1) is 0 Å². The Kier molecular flexibility index (Phi) is 3.64. The van der Waals surface area contributed by atoms with Crippen LogP contribution in [-0.4, -0.2) is 0 Å². The SMILES string of the molecule is Cc1cccc(C#N)c1Oc1ccc(I)cc1. The minimum Gasteiger partial charge on any atom is -0.456 e. The first-order valence-corrected chi connectivity index (χ1v) is 6.21. The Balaban J connectivity index is 2.36. The molecule has 2 nitrogen and oxygen atoms in total. The van der Waals surface area contributed by atoms with E-state index in [-0.39, 0.29) is 0 Å². The molecule has 0 aliphatic heterocycles. The van der Waals surface area contributed by atoms with Crippen molar-refractivity contribution in [1.29, 1.82) is 5.26 Å². The number of rotatable bonds is 2. The van der Waals surface area contributed by atoms with E-state index in [0.29, 0.717) is 11.3 Å². The van der Waals surface area contributed by atoms with Gasteiger partial charge in [0, 0.05) is 3.57 Å². The Morgan fingerprint density at radius 1 is 1.12 bits per heavy atom. The highest BCUT2D eigenvalue weighted by Crippen LogP contribution is 2.28. The molecule has 0 atom stereocenters. The number of hydrogen-bond donors (Lipinski definition) is 0. The number of benzene rings is 2. The van der Waals surface area contributed by atoms with E-state index >= 15 is 0 Å². The van der Waals surface area contributed by atoms with Gasteiger partial charge >= 0.3 is 0 Å². The molecular weight excluding hydrogens is 325 g/mol. The molecule has 3 heteroatoms. The molecule has 0 N–H and O–H groups in total. The standard InChI is InChI=1S/C14H10INO/c1-10-3-2-4-11(9-16)14(10)17-13-7-5-12(15)6-8-13/h2-8H,1H3. The zero-order valence-electron chi connectivity index (χ0n) is 9.27. The third kappa shape index (κ3) is 2.77. The normalized spacial score (nSPS) is 9.71. The summed E-state index contributed by atoms with van der Waals surface area (Å²) in [5, 5.41) is 9.03. The van der Waals surface area contributed by atoms with Gasteiger partial charge in [0.2, 0.25) is 0 Å². The van der Waals surface area contributed by atoms with E-state index in [1.807, 2.05) is 43.3 Å². The minimum atomic E-state index is 0.559. The summed E-state index contributed by atoms with van der Waals surface area (Å²) < 4.78 is 6.91. The predicted molar refractivity (Wildman–Crippen MR) is 75.1 cm³/mol. The molecule has 0 spiro atoms.